The molecule has 0 aliphatic carbocycles. The van der Waals surface area contributed by atoms with Crippen LogP contribution in [-0.4, -0.2) is 53.0 Å². The monoisotopic (exact) mass is 460 g/mol. The Labute approximate surface area is 191 Å². The fourth-order valence-electron chi connectivity index (χ4n) is 3.86. The number of carbonyl (C=O) groups excluding carboxylic acids is 1. The number of aryl methyl sites for hydroxylation is 1. The lowest BCUT2D eigenvalue weighted by Gasteiger charge is -2.20. The highest BCUT2D eigenvalue weighted by Gasteiger charge is 2.25. The minimum atomic E-state index is -3.46. The van der Waals surface area contributed by atoms with Gasteiger partial charge >= 0.3 is 0 Å². The number of methoxy groups -OCH3 is 2. The van der Waals surface area contributed by atoms with E-state index in [9.17, 15) is 13.2 Å². The molecule has 0 radical (unpaired) electrons. The number of hydrogen-bond acceptors (Lipinski definition) is 5. The third kappa shape index (κ3) is 5.61. The van der Waals surface area contributed by atoms with Crippen molar-refractivity contribution in [2.45, 2.75) is 43.4 Å². The second-order valence-corrected chi connectivity index (χ2v) is 9.89. The van der Waals surface area contributed by atoms with Crippen LogP contribution in [0, 0.1) is 0 Å². The number of benzene rings is 2. The van der Waals surface area contributed by atoms with Crippen LogP contribution < -0.4 is 14.4 Å². The summed E-state index contributed by atoms with van der Waals surface area (Å²) in [7, 11) is 1.39. The average Bonchev–Trinajstić information content (AvgIpc) is 3.12. The van der Waals surface area contributed by atoms with Crippen molar-refractivity contribution in [1.82, 2.24) is 4.31 Å². The van der Waals surface area contributed by atoms with Crippen LogP contribution in [0.1, 0.15) is 37.7 Å². The molecule has 1 aliphatic rings. The Morgan fingerprint density at radius 3 is 2.16 bits per heavy atom. The van der Waals surface area contributed by atoms with Gasteiger partial charge in [-0.3, -0.25) is 4.79 Å². The Balaban J connectivity index is 1.61. The molecule has 1 fully saturated rings. The predicted octanol–water partition coefficient (Wildman–Crippen LogP) is 3.86. The Morgan fingerprint density at radius 1 is 0.938 bits per heavy atom. The van der Waals surface area contributed by atoms with E-state index < -0.39 is 10.0 Å². The molecule has 32 heavy (non-hydrogen) atoms. The van der Waals surface area contributed by atoms with Crippen molar-refractivity contribution in [3.63, 3.8) is 0 Å². The van der Waals surface area contributed by atoms with Crippen molar-refractivity contribution < 1.29 is 22.7 Å². The molecule has 0 bridgehead atoms. The van der Waals surface area contributed by atoms with Gasteiger partial charge in [0.05, 0.1) is 19.1 Å². The van der Waals surface area contributed by atoms with Gasteiger partial charge in [0.1, 0.15) is 0 Å². The number of carbonyl (C=O) groups is 1. The zero-order valence-corrected chi connectivity index (χ0v) is 19.9. The van der Waals surface area contributed by atoms with Gasteiger partial charge in [-0.25, -0.2) is 8.42 Å². The molecule has 1 aliphatic heterocycles. The molecule has 3 rings (SSSR count). The summed E-state index contributed by atoms with van der Waals surface area (Å²) in [5, 5.41) is 0. The molecule has 2 aromatic carbocycles. The molecule has 0 atom stereocenters. The molecule has 1 heterocycles. The Kier molecular flexibility index (Phi) is 8.15. The van der Waals surface area contributed by atoms with Crippen molar-refractivity contribution in [1.29, 1.82) is 0 Å². The van der Waals surface area contributed by atoms with Crippen LogP contribution in [0.25, 0.3) is 0 Å². The van der Waals surface area contributed by atoms with Crippen LogP contribution in [0.15, 0.2) is 47.4 Å². The molecule has 174 valence electrons. The van der Waals surface area contributed by atoms with Crippen LogP contribution >= 0.6 is 0 Å². The number of amides is 1. The van der Waals surface area contributed by atoms with E-state index in [2.05, 4.69) is 0 Å². The zero-order chi connectivity index (χ0) is 23.1. The molecule has 0 saturated carbocycles. The van der Waals surface area contributed by atoms with Gasteiger partial charge < -0.3 is 14.4 Å². The van der Waals surface area contributed by atoms with Gasteiger partial charge in [-0.15, -0.1) is 0 Å². The van der Waals surface area contributed by atoms with E-state index in [0.29, 0.717) is 48.0 Å². The number of ether oxygens (including phenoxy) is 2. The lowest BCUT2D eigenvalue weighted by atomic mass is 10.1. The fraction of sp³-hybridized carbons (Fsp3) is 0.458. The van der Waals surface area contributed by atoms with Crippen LogP contribution in [0.4, 0.5) is 5.69 Å². The van der Waals surface area contributed by atoms with E-state index in [1.165, 1.54) is 0 Å². The van der Waals surface area contributed by atoms with E-state index in [1.54, 1.807) is 66.9 Å². The molecule has 8 heteroatoms. The minimum Gasteiger partial charge on any atom is -0.493 e. The van der Waals surface area contributed by atoms with Gasteiger partial charge in [0.15, 0.2) is 11.5 Å². The first kappa shape index (κ1) is 24.1. The minimum absolute atomic E-state index is 0.0431. The first-order chi connectivity index (χ1) is 15.4. The molecule has 0 spiro atoms. The van der Waals surface area contributed by atoms with E-state index in [4.69, 9.17) is 9.47 Å². The standard InChI is InChI=1S/C24H32N2O5S/c1-25(20-11-14-22(30-2)23(18-20)31-3)24(27)15-10-19-8-12-21(13-9-19)32(28,29)26-16-6-4-5-7-17-26/h8-9,11-14,18H,4-7,10,15-17H2,1-3H3. The van der Waals surface area contributed by atoms with Gasteiger partial charge in [0.2, 0.25) is 15.9 Å². The summed E-state index contributed by atoms with van der Waals surface area (Å²) in [4.78, 5) is 14.6. The molecule has 0 aromatic heterocycles. The third-order valence-corrected chi connectivity index (χ3v) is 7.80. The smallest absolute Gasteiger partial charge is 0.243 e. The summed E-state index contributed by atoms with van der Waals surface area (Å²) < 4.78 is 38.0. The third-order valence-electron chi connectivity index (χ3n) is 5.88. The van der Waals surface area contributed by atoms with E-state index >= 15 is 0 Å². The SMILES string of the molecule is COc1ccc(N(C)C(=O)CCc2ccc(S(=O)(=O)N3CCCCCC3)cc2)cc1OC. The average molecular weight is 461 g/mol. The van der Waals surface area contributed by atoms with Crippen LogP contribution in [0.5, 0.6) is 11.5 Å². The molecular formula is C24H32N2O5S. The van der Waals surface area contributed by atoms with E-state index in [-0.39, 0.29) is 5.91 Å². The lowest BCUT2D eigenvalue weighted by Crippen LogP contribution is -2.31. The highest BCUT2D eigenvalue weighted by molar-refractivity contribution is 7.89. The van der Waals surface area contributed by atoms with E-state index in [0.717, 1.165) is 31.2 Å². The maximum absolute atomic E-state index is 12.9. The molecule has 0 N–H and O–H groups in total. The van der Waals surface area contributed by atoms with Gasteiger partial charge in [0.25, 0.3) is 0 Å². The van der Waals surface area contributed by atoms with Gasteiger partial charge in [-0.1, -0.05) is 25.0 Å². The normalized spacial score (nSPS) is 15.1. The maximum atomic E-state index is 12.9. The molecule has 7 nitrogen and oxygen atoms in total. The molecule has 1 amide bonds. The first-order valence-electron chi connectivity index (χ1n) is 10.9. The summed E-state index contributed by atoms with van der Waals surface area (Å²) in [6, 6.07) is 12.2. The Hall–Kier alpha value is -2.58. The van der Waals surface area contributed by atoms with Crippen LogP contribution in [0.3, 0.4) is 0 Å². The summed E-state index contributed by atoms with van der Waals surface area (Å²) in [6.07, 6.45) is 4.82. The summed E-state index contributed by atoms with van der Waals surface area (Å²) in [5.41, 5.74) is 1.64. The Bertz CT molecular complexity index is 1010. The van der Waals surface area contributed by atoms with Gasteiger partial charge in [0, 0.05) is 38.3 Å². The van der Waals surface area contributed by atoms with Crippen LogP contribution in [0.2, 0.25) is 0 Å². The summed E-state index contributed by atoms with van der Waals surface area (Å²) in [6.45, 7) is 1.17. The quantitative estimate of drug-likeness (QED) is 0.598. The molecule has 2 aromatic rings. The maximum Gasteiger partial charge on any atom is 0.243 e. The van der Waals surface area contributed by atoms with E-state index in [1.807, 2.05) is 6.07 Å². The lowest BCUT2D eigenvalue weighted by molar-refractivity contribution is -0.118. The topological polar surface area (TPSA) is 76.2 Å². The first-order valence-corrected chi connectivity index (χ1v) is 12.4. The highest BCUT2D eigenvalue weighted by Crippen LogP contribution is 2.31. The van der Waals surface area contributed by atoms with Crippen molar-refractivity contribution >= 4 is 21.6 Å². The summed E-state index contributed by atoms with van der Waals surface area (Å²) in [5.74, 6) is 1.12. The molecule has 1 saturated heterocycles. The van der Waals surface area contributed by atoms with Crippen molar-refractivity contribution in [2.24, 2.45) is 0 Å². The van der Waals surface area contributed by atoms with Gasteiger partial charge in [-0.05, 0) is 49.1 Å². The number of hydrogen-bond donors (Lipinski definition) is 0. The number of sulfonamides is 1. The highest BCUT2D eigenvalue weighted by atomic mass is 32.2. The van der Waals surface area contributed by atoms with Crippen molar-refractivity contribution in [3.05, 3.63) is 48.0 Å². The number of anilines is 1. The molecule has 0 unspecified atom stereocenters. The van der Waals surface area contributed by atoms with Gasteiger partial charge in [-0.2, -0.15) is 4.31 Å². The number of rotatable bonds is 8. The van der Waals surface area contributed by atoms with Crippen LogP contribution in [-0.2, 0) is 21.2 Å². The second kappa shape index (κ2) is 10.8. The Morgan fingerprint density at radius 2 is 1.56 bits per heavy atom. The predicted molar refractivity (Wildman–Crippen MR) is 125 cm³/mol. The number of nitrogens with zero attached hydrogens (tertiary/aromatic N) is 2. The van der Waals surface area contributed by atoms with Crippen molar-refractivity contribution in [2.75, 3.05) is 39.3 Å². The second-order valence-electron chi connectivity index (χ2n) is 7.95. The fourth-order valence-corrected chi connectivity index (χ4v) is 5.37. The molecular weight excluding hydrogens is 428 g/mol. The zero-order valence-electron chi connectivity index (χ0n) is 19.0. The largest absolute Gasteiger partial charge is 0.493 e. The summed E-state index contributed by atoms with van der Waals surface area (Å²) >= 11 is 0. The van der Waals surface area contributed by atoms with Crippen molar-refractivity contribution in [3.8, 4) is 11.5 Å².